The highest BCUT2D eigenvalue weighted by Crippen LogP contribution is 2.15. The predicted molar refractivity (Wildman–Crippen MR) is 71.4 cm³/mol. The van der Waals surface area contributed by atoms with Crippen molar-refractivity contribution in [2.45, 2.75) is 30.7 Å². The van der Waals surface area contributed by atoms with Gasteiger partial charge in [-0.3, -0.25) is 4.68 Å². The van der Waals surface area contributed by atoms with Crippen LogP contribution in [0.5, 0.6) is 0 Å². The average Bonchev–Trinajstić information content (AvgIpc) is 2.61. The number of hydrogen-bond donors (Lipinski definition) is 2. The number of nitrogens with zero attached hydrogens (tertiary/aromatic N) is 2. The molecule has 0 bridgehead atoms. The molecule has 0 aliphatic carbocycles. The zero-order chi connectivity index (χ0) is 12.5. The van der Waals surface area contributed by atoms with Crippen LogP contribution in [0.15, 0.2) is 11.1 Å². The van der Waals surface area contributed by atoms with Gasteiger partial charge in [-0.25, -0.2) is 13.1 Å². The lowest BCUT2D eigenvalue weighted by molar-refractivity contribution is 0.427. The van der Waals surface area contributed by atoms with Gasteiger partial charge in [0.1, 0.15) is 4.90 Å². The quantitative estimate of drug-likeness (QED) is 0.834. The van der Waals surface area contributed by atoms with Gasteiger partial charge in [0, 0.05) is 13.1 Å². The lowest BCUT2D eigenvalue weighted by atomic mass is 10.1. The third-order valence-corrected chi connectivity index (χ3v) is 4.76. The molecule has 1 saturated heterocycles. The zero-order valence-corrected chi connectivity index (χ0v) is 12.1. The number of nitrogens with one attached hydrogen (secondary N) is 2. The minimum Gasteiger partial charge on any atom is -0.317 e. The molecule has 2 heterocycles. The second-order valence-corrected chi connectivity index (χ2v) is 6.05. The Balaban J connectivity index is 0.00000162. The van der Waals surface area contributed by atoms with Gasteiger partial charge in [0.05, 0.1) is 11.9 Å². The van der Waals surface area contributed by atoms with Gasteiger partial charge < -0.3 is 5.32 Å². The Kier molecular flexibility index (Phi) is 5.15. The van der Waals surface area contributed by atoms with Crippen molar-refractivity contribution < 1.29 is 8.42 Å². The van der Waals surface area contributed by atoms with E-state index in [0.717, 1.165) is 25.9 Å². The second kappa shape index (κ2) is 6.01. The summed E-state index contributed by atoms with van der Waals surface area (Å²) in [5, 5.41) is 7.17. The molecule has 1 aromatic heterocycles. The summed E-state index contributed by atoms with van der Waals surface area (Å²) in [5.41, 5.74) is 0.659. The minimum absolute atomic E-state index is 0. The summed E-state index contributed by atoms with van der Waals surface area (Å²) in [4.78, 5) is 0.276. The number of aromatic nitrogens is 2. The third kappa shape index (κ3) is 3.23. The molecule has 0 aromatic carbocycles. The SMILES string of the molecule is Cc1c(S(=O)(=O)NC2CCNCC2)cnn1C.Cl. The van der Waals surface area contributed by atoms with Crippen molar-refractivity contribution in [2.75, 3.05) is 13.1 Å². The molecule has 104 valence electrons. The highest BCUT2D eigenvalue weighted by molar-refractivity contribution is 7.89. The fourth-order valence-corrected chi connectivity index (χ4v) is 3.47. The monoisotopic (exact) mass is 294 g/mol. The first-order valence-corrected chi connectivity index (χ1v) is 7.20. The molecule has 2 N–H and O–H groups in total. The molecule has 8 heteroatoms. The largest absolute Gasteiger partial charge is 0.317 e. The summed E-state index contributed by atoms with van der Waals surface area (Å²) in [5.74, 6) is 0. The topological polar surface area (TPSA) is 76.0 Å². The van der Waals surface area contributed by atoms with E-state index in [-0.39, 0.29) is 23.3 Å². The highest BCUT2D eigenvalue weighted by atomic mass is 35.5. The minimum atomic E-state index is -3.43. The van der Waals surface area contributed by atoms with Crippen molar-refractivity contribution in [2.24, 2.45) is 7.05 Å². The molecule has 0 unspecified atom stereocenters. The van der Waals surface area contributed by atoms with E-state index in [1.54, 1.807) is 18.7 Å². The van der Waals surface area contributed by atoms with E-state index >= 15 is 0 Å². The van der Waals surface area contributed by atoms with Gasteiger partial charge in [-0.1, -0.05) is 0 Å². The lowest BCUT2D eigenvalue weighted by Crippen LogP contribution is -2.42. The fourth-order valence-electron chi connectivity index (χ4n) is 1.97. The normalized spacial score (nSPS) is 17.4. The van der Waals surface area contributed by atoms with Gasteiger partial charge in [0.2, 0.25) is 10.0 Å². The van der Waals surface area contributed by atoms with E-state index in [1.165, 1.54) is 6.20 Å². The Morgan fingerprint density at radius 2 is 2.06 bits per heavy atom. The lowest BCUT2D eigenvalue weighted by Gasteiger charge is -2.23. The molecule has 6 nitrogen and oxygen atoms in total. The van der Waals surface area contributed by atoms with Crippen LogP contribution in [-0.4, -0.2) is 37.3 Å². The molecule has 1 aliphatic rings. The second-order valence-electron chi connectivity index (χ2n) is 4.36. The summed E-state index contributed by atoms with van der Waals surface area (Å²) in [6, 6.07) is 0.0286. The highest BCUT2D eigenvalue weighted by Gasteiger charge is 2.24. The van der Waals surface area contributed by atoms with Crippen molar-refractivity contribution in [3.8, 4) is 0 Å². The Hall–Kier alpha value is -0.630. The van der Waals surface area contributed by atoms with Gasteiger partial charge in [-0.05, 0) is 32.9 Å². The maximum absolute atomic E-state index is 12.1. The van der Waals surface area contributed by atoms with Crippen LogP contribution < -0.4 is 10.0 Å². The van der Waals surface area contributed by atoms with Crippen molar-refractivity contribution >= 4 is 22.4 Å². The Labute approximate surface area is 114 Å². The Morgan fingerprint density at radius 3 is 2.56 bits per heavy atom. The summed E-state index contributed by atoms with van der Waals surface area (Å²) in [6.07, 6.45) is 3.07. The third-order valence-electron chi connectivity index (χ3n) is 3.14. The van der Waals surface area contributed by atoms with Crippen LogP contribution in [0, 0.1) is 6.92 Å². The summed E-state index contributed by atoms with van der Waals surface area (Å²) < 4.78 is 28.6. The van der Waals surface area contributed by atoms with Crippen molar-refractivity contribution in [1.82, 2.24) is 19.8 Å². The molecule has 0 atom stereocenters. The van der Waals surface area contributed by atoms with E-state index in [1.807, 2.05) is 0 Å². The van der Waals surface area contributed by atoms with E-state index in [2.05, 4.69) is 15.1 Å². The first-order chi connectivity index (χ1) is 8.00. The molecular formula is C10H19ClN4O2S. The molecule has 18 heavy (non-hydrogen) atoms. The number of sulfonamides is 1. The van der Waals surface area contributed by atoms with Gasteiger partial charge >= 0.3 is 0 Å². The van der Waals surface area contributed by atoms with E-state index in [0.29, 0.717) is 5.69 Å². The smallest absolute Gasteiger partial charge is 0.244 e. The molecule has 0 radical (unpaired) electrons. The number of aryl methyl sites for hydroxylation is 1. The van der Waals surface area contributed by atoms with Crippen LogP contribution in [0.1, 0.15) is 18.5 Å². The van der Waals surface area contributed by atoms with Gasteiger partial charge in [0.25, 0.3) is 0 Å². The van der Waals surface area contributed by atoms with Gasteiger partial charge in [0.15, 0.2) is 0 Å². The van der Waals surface area contributed by atoms with Crippen molar-refractivity contribution in [3.05, 3.63) is 11.9 Å². The maximum atomic E-state index is 12.1. The summed E-state index contributed by atoms with van der Waals surface area (Å²) in [7, 11) is -1.70. The van der Waals surface area contributed by atoms with Crippen LogP contribution >= 0.6 is 12.4 Å². The van der Waals surface area contributed by atoms with Crippen LogP contribution in [0.3, 0.4) is 0 Å². The molecule has 1 aromatic rings. The van der Waals surface area contributed by atoms with E-state index < -0.39 is 10.0 Å². The first-order valence-electron chi connectivity index (χ1n) is 5.72. The number of halogens is 1. The van der Waals surface area contributed by atoms with E-state index in [9.17, 15) is 8.42 Å². The fraction of sp³-hybridized carbons (Fsp3) is 0.700. The van der Waals surface area contributed by atoms with Crippen LogP contribution in [0.25, 0.3) is 0 Å². The number of piperidine rings is 1. The molecule has 0 spiro atoms. The number of rotatable bonds is 3. The van der Waals surface area contributed by atoms with Crippen LogP contribution in [0.4, 0.5) is 0 Å². The van der Waals surface area contributed by atoms with Crippen LogP contribution in [0.2, 0.25) is 0 Å². The molecule has 0 saturated carbocycles. The van der Waals surface area contributed by atoms with Crippen molar-refractivity contribution in [3.63, 3.8) is 0 Å². The predicted octanol–water partition coefficient (Wildman–Crippen LogP) is 0.181. The number of hydrogen-bond acceptors (Lipinski definition) is 4. The van der Waals surface area contributed by atoms with E-state index in [4.69, 9.17) is 0 Å². The molecular weight excluding hydrogens is 276 g/mol. The van der Waals surface area contributed by atoms with Crippen LogP contribution in [-0.2, 0) is 17.1 Å². The molecule has 1 aliphatic heterocycles. The van der Waals surface area contributed by atoms with Gasteiger partial charge in [-0.15, -0.1) is 12.4 Å². The standard InChI is InChI=1S/C10H18N4O2S.ClH/c1-8-10(7-12-14(8)2)17(15,16)13-9-3-5-11-6-4-9;/h7,9,11,13H,3-6H2,1-2H3;1H. The zero-order valence-electron chi connectivity index (χ0n) is 10.5. The Morgan fingerprint density at radius 1 is 1.44 bits per heavy atom. The Bertz CT molecular complexity index is 494. The summed E-state index contributed by atoms with van der Waals surface area (Å²) in [6.45, 7) is 3.47. The van der Waals surface area contributed by atoms with Crippen molar-refractivity contribution in [1.29, 1.82) is 0 Å². The molecule has 2 rings (SSSR count). The molecule has 1 fully saturated rings. The average molecular weight is 295 g/mol. The maximum Gasteiger partial charge on any atom is 0.244 e. The molecule has 0 amide bonds. The van der Waals surface area contributed by atoms with Gasteiger partial charge in [-0.2, -0.15) is 5.10 Å². The first kappa shape index (κ1) is 15.4. The summed E-state index contributed by atoms with van der Waals surface area (Å²) >= 11 is 0.